The molecule has 0 fully saturated rings. The van der Waals surface area contributed by atoms with Gasteiger partial charge in [0.1, 0.15) is 0 Å². The van der Waals surface area contributed by atoms with Crippen molar-refractivity contribution < 1.29 is 18.5 Å². The number of non-ortho nitro benzene ring substituents is 1. The van der Waals surface area contributed by atoms with Gasteiger partial charge in [-0.2, -0.15) is 0 Å². The third-order valence-electron chi connectivity index (χ3n) is 3.24. The monoisotopic (exact) mass is 352 g/mol. The summed E-state index contributed by atoms with van der Waals surface area (Å²) in [6.45, 7) is 1.67. The number of rotatable bonds is 6. The Balaban J connectivity index is 1.88. The highest BCUT2D eigenvalue weighted by Gasteiger charge is 2.12. The van der Waals surface area contributed by atoms with Gasteiger partial charge in [-0.05, 0) is 36.8 Å². The molecule has 1 unspecified atom stereocenters. The number of nitro benzene ring substituents is 1. The van der Waals surface area contributed by atoms with Crippen LogP contribution in [0.2, 0.25) is 0 Å². The second kappa shape index (κ2) is 7.87. The molecule has 0 aromatic heterocycles. The van der Waals surface area contributed by atoms with E-state index >= 15 is 0 Å². The maximum atomic E-state index is 13.2. The summed E-state index contributed by atoms with van der Waals surface area (Å²) >= 11 is 1.22. The second-order valence-corrected chi connectivity index (χ2v) is 6.05. The number of nitrogens with one attached hydrogen (secondary N) is 1. The number of carbonyl (C=O) groups is 1. The third kappa shape index (κ3) is 4.76. The second-order valence-electron chi connectivity index (χ2n) is 5.00. The Morgan fingerprint density at radius 1 is 1.21 bits per heavy atom. The van der Waals surface area contributed by atoms with Crippen molar-refractivity contribution in [1.82, 2.24) is 5.32 Å². The van der Waals surface area contributed by atoms with Gasteiger partial charge in [-0.25, -0.2) is 8.78 Å². The lowest BCUT2D eigenvalue weighted by atomic mass is 10.1. The average Bonchev–Trinajstić information content (AvgIpc) is 2.55. The van der Waals surface area contributed by atoms with Crippen LogP contribution >= 0.6 is 11.8 Å². The Morgan fingerprint density at radius 2 is 1.88 bits per heavy atom. The molecule has 0 saturated carbocycles. The number of carbonyl (C=O) groups excluding carboxylic acids is 1. The summed E-state index contributed by atoms with van der Waals surface area (Å²) in [5.41, 5.74) is 0.443. The molecule has 126 valence electrons. The fourth-order valence-corrected chi connectivity index (χ4v) is 2.67. The van der Waals surface area contributed by atoms with E-state index in [1.54, 1.807) is 19.1 Å². The van der Waals surface area contributed by atoms with Crippen LogP contribution in [0.25, 0.3) is 0 Å². The number of hydrogen-bond acceptors (Lipinski definition) is 4. The van der Waals surface area contributed by atoms with Crippen molar-refractivity contribution in [2.75, 3.05) is 5.75 Å². The van der Waals surface area contributed by atoms with Crippen LogP contribution in [0.1, 0.15) is 18.5 Å². The van der Waals surface area contributed by atoms with Gasteiger partial charge in [0.15, 0.2) is 11.6 Å². The molecule has 1 amide bonds. The summed E-state index contributed by atoms with van der Waals surface area (Å²) in [6.07, 6.45) is 0. The molecular formula is C16H14F2N2O3S. The van der Waals surface area contributed by atoms with Gasteiger partial charge in [0.25, 0.3) is 5.69 Å². The molecule has 0 heterocycles. The first-order valence-corrected chi connectivity index (χ1v) is 7.97. The van der Waals surface area contributed by atoms with Crippen LogP contribution in [-0.2, 0) is 4.79 Å². The van der Waals surface area contributed by atoms with Crippen LogP contribution in [0, 0.1) is 21.7 Å². The van der Waals surface area contributed by atoms with E-state index in [9.17, 15) is 23.7 Å². The Bertz CT molecular complexity index is 753. The Labute approximate surface area is 141 Å². The first-order chi connectivity index (χ1) is 11.4. The molecule has 2 aromatic carbocycles. The zero-order valence-corrected chi connectivity index (χ0v) is 13.5. The highest BCUT2D eigenvalue weighted by atomic mass is 32.2. The van der Waals surface area contributed by atoms with Crippen LogP contribution in [0.3, 0.4) is 0 Å². The Hall–Kier alpha value is -2.48. The molecule has 0 bridgehead atoms. The van der Waals surface area contributed by atoms with Gasteiger partial charge in [0.05, 0.1) is 16.7 Å². The Morgan fingerprint density at radius 3 is 2.46 bits per heavy atom. The van der Waals surface area contributed by atoms with E-state index in [-0.39, 0.29) is 17.3 Å². The molecule has 8 heteroatoms. The Kier molecular flexibility index (Phi) is 5.86. The van der Waals surface area contributed by atoms with Gasteiger partial charge < -0.3 is 5.32 Å². The minimum atomic E-state index is -0.964. The van der Waals surface area contributed by atoms with Gasteiger partial charge in [0.2, 0.25) is 5.91 Å². The lowest BCUT2D eigenvalue weighted by molar-refractivity contribution is -0.384. The average molecular weight is 352 g/mol. The molecule has 24 heavy (non-hydrogen) atoms. The first kappa shape index (κ1) is 17.9. The first-order valence-electron chi connectivity index (χ1n) is 6.98. The van der Waals surface area contributed by atoms with Crippen molar-refractivity contribution >= 4 is 23.4 Å². The van der Waals surface area contributed by atoms with Crippen LogP contribution < -0.4 is 5.32 Å². The number of hydrogen-bond donors (Lipinski definition) is 1. The highest BCUT2D eigenvalue weighted by molar-refractivity contribution is 8.00. The number of thioether (sulfide) groups is 1. The van der Waals surface area contributed by atoms with Crippen LogP contribution in [-0.4, -0.2) is 16.6 Å². The summed E-state index contributed by atoms with van der Waals surface area (Å²) in [5.74, 6) is -2.08. The van der Waals surface area contributed by atoms with Crippen molar-refractivity contribution in [2.45, 2.75) is 17.9 Å². The molecule has 0 aliphatic carbocycles. The van der Waals surface area contributed by atoms with E-state index in [0.29, 0.717) is 5.56 Å². The minimum absolute atomic E-state index is 0.0178. The predicted molar refractivity (Wildman–Crippen MR) is 86.7 cm³/mol. The van der Waals surface area contributed by atoms with E-state index in [4.69, 9.17) is 0 Å². The van der Waals surface area contributed by atoms with Crippen molar-refractivity contribution in [1.29, 1.82) is 0 Å². The quantitative estimate of drug-likeness (QED) is 0.487. The van der Waals surface area contributed by atoms with Gasteiger partial charge in [0, 0.05) is 17.0 Å². The molecule has 2 aromatic rings. The van der Waals surface area contributed by atoms with Crippen LogP contribution in [0.5, 0.6) is 0 Å². The smallest absolute Gasteiger partial charge is 0.269 e. The molecule has 0 spiro atoms. The van der Waals surface area contributed by atoms with Crippen molar-refractivity contribution in [3.63, 3.8) is 0 Å². The van der Waals surface area contributed by atoms with Crippen LogP contribution in [0.4, 0.5) is 14.5 Å². The highest BCUT2D eigenvalue weighted by Crippen LogP contribution is 2.22. The normalized spacial score (nSPS) is 11.8. The minimum Gasteiger partial charge on any atom is -0.349 e. The van der Waals surface area contributed by atoms with E-state index in [1.807, 2.05) is 0 Å². The van der Waals surface area contributed by atoms with Gasteiger partial charge in [-0.15, -0.1) is 11.8 Å². The zero-order valence-electron chi connectivity index (χ0n) is 12.7. The predicted octanol–water partition coefficient (Wildman–Crippen LogP) is 3.84. The van der Waals surface area contributed by atoms with E-state index in [2.05, 4.69) is 5.32 Å². The number of amides is 1. The molecule has 0 aliphatic rings. The molecule has 0 radical (unpaired) electrons. The molecule has 2 rings (SSSR count). The SMILES string of the molecule is CC(NC(=O)CSc1ccc([N+](=O)[O-])cc1)c1ccc(F)c(F)c1. The molecule has 0 saturated heterocycles. The molecule has 1 atom stereocenters. The maximum Gasteiger partial charge on any atom is 0.269 e. The number of benzene rings is 2. The molecule has 1 N–H and O–H groups in total. The fourth-order valence-electron chi connectivity index (χ4n) is 1.96. The maximum absolute atomic E-state index is 13.2. The van der Waals surface area contributed by atoms with Crippen molar-refractivity contribution in [2.24, 2.45) is 0 Å². The molecular weight excluding hydrogens is 338 g/mol. The fraction of sp³-hybridized carbons (Fsp3) is 0.188. The summed E-state index contributed by atoms with van der Waals surface area (Å²) in [5, 5.41) is 13.2. The van der Waals surface area contributed by atoms with Crippen molar-refractivity contribution in [3.05, 3.63) is 69.8 Å². The summed E-state index contributed by atoms with van der Waals surface area (Å²) in [6, 6.07) is 8.86. The van der Waals surface area contributed by atoms with E-state index in [0.717, 1.165) is 17.0 Å². The molecule has 0 aliphatic heterocycles. The summed E-state index contributed by atoms with van der Waals surface area (Å²) < 4.78 is 26.1. The third-order valence-corrected chi connectivity index (χ3v) is 4.25. The van der Waals surface area contributed by atoms with E-state index < -0.39 is 22.6 Å². The molecule has 5 nitrogen and oxygen atoms in total. The lowest BCUT2D eigenvalue weighted by Gasteiger charge is -2.14. The topological polar surface area (TPSA) is 72.2 Å². The number of halogens is 2. The van der Waals surface area contributed by atoms with Gasteiger partial charge in [-0.3, -0.25) is 14.9 Å². The summed E-state index contributed by atoms with van der Waals surface area (Å²) in [4.78, 5) is 22.7. The summed E-state index contributed by atoms with van der Waals surface area (Å²) in [7, 11) is 0. The van der Waals surface area contributed by atoms with Crippen molar-refractivity contribution in [3.8, 4) is 0 Å². The van der Waals surface area contributed by atoms with Crippen LogP contribution in [0.15, 0.2) is 47.4 Å². The number of nitro groups is 1. The number of nitrogens with zero attached hydrogens (tertiary/aromatic N) is 1. The van der Waals surface area contributed by atoms with E-state index in [1.165, 1.54) is 30.0 Å². The largest absolute Gasteiger partial charge is 0.349 e. The standard InChI is InChI=1S/C16H14F2N2O3S/c1-10(11-2-7-14(17)15(18)8-11)19-16(21)9-24-13-5-3-12(4-6-13)20(22)23/h2-8,10H,9H2,1H3,(H,19,21). The van der Waals surface area contributed by atoms with Gasteiger partial charge in [-0.1, -0.05) is 6.07 Å². The van der Waals surface area contributed by atoms with Gasteiger partial charge >= 0.3 is 0 Å². The zero-order chi connectivity index (χ0) is 17.7. The lowest BCUT2D eigenvalue weighted by Crippen LogP contribution is -2.28.